The molecule has 1 amide bonds. The zero-order valence-corrected chi connectivity index (χ0v) is 17.1. The lowest BCUT2D eigenvalue weighted by Gasteiger charge is -2.38. The van der Waals surface area contributed by atoms with E-state index in [0.29, 0.717) is 36.3 Å². The van der Waals surface area contributed by atoms with Gasteiger partial charge < -0.3 is 14.3 Å². The van der Waals surface area contributed by atoms with Crippen molar-refractivity contribution >= 4 is 5.91 Å². The first-order valence-electron chi connectivity index (χ1n) is 11.1. The molecule has 0 saturated carbocycles. The Balaban J connectivity index is 1.32. The van der Waals surface area contributed by atoms with Crippen LogP contribution in [0.1, 0.15) is 57.3 Å². The summed E-state index contributed by atoms with van der Waals surface area (Å²) >= 11 is 0. The quantitative estimate of drug-likeness (QED) is 0.744. The number of carbonyl (C=O) groups is 1. The Morgan fingerprint density at radius 3 is 2.69 bits per heavy atom. The predicted octanol–water partition coefficient (Wildman–Crippen LogP) is 3.32. The molecular formula is C22H31N5O2. The van der Waals surface area contributed by atoms with Crippen LogP contribution in [0.4, 0.5) is 0 Å². The number of amides is 1. The molecule has 0 aliphatic carbocycles. The molecule has 4 rings (SSSR count). The lowest BCUT2D eigenvalue weighted by atomic mass is 10.0. The van der Waals surface area contributed by atoms with E-state index in [0.717, 1.165) is 25.9 Å². The minimum absolute atomic E-state index is 0.210. The van der Waals surface area contributed by atoms with Gasteiger partial charge in [-0.15, -0.1) is 0 Å². The smallest absolute Gasteiger partial charge is 0.227 e. The Morgan fingerprint density at radius 2 is 1.90 bits per heavy atom. The van der Waals surface area contributed by atoms with Gasteiger partial charge in [0.2, 0.25) is 17.6 Å². The highest BCUT2D eigenvalue weighted by Gasteiger charge is 2.28. The van der Waals surface area contributed by atoms with Crippen LogP contribution < -0.4 is 0 Å². The van der Waals surface area contributed by atoms with Crippen LogP contribution in [0, 0.1) is 0 Å². The van der Waals surface area contributed by atoms with Crippen LogP contribution in [-0.4, -0.2) is 63.1 Å². The summed E-state index contributed by atoms with van der Waals surface area (Å²) in [6, 6.07) is 5.94. The fraction of sp³-hybridized carbons (Fsp3) is 0.636. The molecule has 0 unspecified atom stereocenters. The molecule has 29 heavy (non-hydrogen) atoms. The summed E-state index contributed by atoms with van der Waals surface area (Å²) < 4.78 is 5.34. The first-order valence-corrected chi connectivity index (χ1v) is 11.1. The van der Waals surface area contributed by atoms with Gasteiger partial charge in [0.25, 0.3) is 0 Å². The zero-order chi connectivity index (χ0) is 19.9. The van der Waals surface area contributed by atoms with Crippen molar-refractivity contribution in [1.82, 2.24) is 24.9 Å². The van der Waals surface area contributed by atoms with Crippen molar-refractivity contribution in [1.29, 1.82) is 0 Å². The Bertz CT molecular complexity index is 771. The molecule has 2 aromatic rings. The third-order valence-corrected chi connectivity index (χ3v) is 6.03. The lowest BCUT2D eigenvalue weighted by Crippen LogP contribution is -2.49. The van der Waals surface area contributed by atoms with Gasteiger partial charge in [0.15, 0.2) is 0 Å². The van der Waals surface area contributed by atoms with Crippen molar-refractivity contribution in [3.8, 4) is 11.5 Å². The number of hydrogen-bond acceptors (Lipinski definition) is 6. The van der Waals surface area contributed by atoms with Gasteiger partial charge in [-0.2, -0.15) is 4.98 Å². The van der Waals surface area contributed by atoms with Gasteiger partial charge in [-0.3, -0.25) is 9.78 Å². The van der Waals surface area contributed by atoms with Gasteiger partial charge in [-0.1, -0.05) is 24.1 Å². The number of hydrogen-bond donors (Lipinski definition) is 0. The van der Waals surface area contributed by atoms with E-state index in [2.05, 4.69) is 24.9 Å². The number of aryl methyl sites for hydroxylation is 1. The molecule has 7 nitrogen and oxygen atoms in total. The van der Waals surface area contributed by atoms with Crippen molar-refractivity contribution in [3.63, 3.8) is 0 Å². The highest BCUT2D eigenvalue weighted by atomic mass is 16.5. The van der Waals surface area contributed by atoms with Crippen molar-refractivity contribution in [2.24, 2.45) is 0 Å². The Hall–Kier alpha value is -2.28. The molecule has 4 heterocycles. The van der Waals surface area contributed by atoms with Crippen LogP contribution in [0.15, 0.2) is 28.9 Å². The van der Waals surface area contributed by atoms with Crippen LogP contribution in [-0.2, 0) is 11.2 Å². The molecule has 0 spiro atoms. The molecule has 0 radical (unpaired) electrons. The van der Waals surface area contributed by atoms with E-state index in [1.807, 2.05) is 18.2 Å². The summed E-state index contributed by atoms with van der Waals surface area (Å²) in [6.07, 6.45) is 11.3. The van der Waals surface area contributed by atoms with E-state index in [1.54, 1.807) is 6.20 Å². The van der Waals surface area contributed by atoms with Crippen LogP contribution in [0.3, 0.4) is 0 Å². The van der Waals surface area contributed by atoms with Crippen LogP contribution in [0.25, 0.3) is 11.5 Å². The van der Waals surface area contributed by atoms with Gasteiger partial charge in [0.1, 0.15) is 5.69 Å². The molecule has 2 fully saturated rings. The predicted molar refractivity (Wildman–Crippen MR) is 110 cm³/mol. The third kappa shape index (κ3) is 5.41. The standard InChI is InChI=1S/C22H31N5O2/c28-21(12-11-20-24-22(25-29-20)19-10-3-5-13-23-19)27-16-8-4-9-18(27)17-26-14-6-1-2-7-15-26/h3,5,10,13,18H,1-2,4,6-9,11-12,14-17H2/t18-/m0/s1. The zero-order valence-electron chi connectivity index (χ0n) is 17.1. The minimum Gasteiger partial charge on any atom is -0.339 e. The van der Waals surface area contributed by atoms with Gasteiger partial charge in [0, 0.05) is 38.2 Å². The molecule has 2 aromatic heterocycles. The average molecular weight is 398 g/mol. The molecule has 0 bridgehead atoms. The summed E-state index contributed by atoms with van der Waals surface area (Å²) in [7, 11) is 0. The molecule has 0 N–H and O–H groups in total. The molecule has 2 saturated heterocycles. The highest BCUT2D eigenvalue weighted by molar-refractivity contribution is 5.76. The van der Waals surface area contributed by atoms with E-state index in [4.69, 9.17) is 4.52 Å². The summed E-state index contributed by atoms with van der Waals surface area (Å²) in [4.78, 5) is 26.3. The maximum absolute atomic E-state index is 13.0. The summed E-state index contributed by atoms with van der Waals surface area (Å²) in [6.45, 7) is 4.25. The second-order valence-electron chi connectivity index (χ2n) is 8.18. The summed E-state index contributed by atoms with van der Waals surface area (Å²) in [5, 5.41) is 4.00. The van der Waals surface area contributed by atoms with Gasteiger partial charge in [-0.05, 0) is 57.3 Å². The third-order valence-electron chi connectivity index (χ3n) is 6.03. The number of likely N-dealkylation sites (tertiary alicyclic amines) is 2. The van der Waals surface area contributed by atoms with Crippen LogP contribution >= 0.6 is 0 Å². The molecule has 7 heteroatoms. The molecule has 156 valence electrons. The average Bonchev–Trinajstić information content (AvgIpc) is 3.10. The van der Waals surface area contributed by atoms with Gasteiger partial charge in [0.05, 0.1) is 0 Å². The number of aromatic nitrogens is 3. The second kappa shape index (κ2) is 9.96. The Kier molecular flexibility index (Phi) is 6.87. The topological polar surface area (TPSA) is 75.4 Å². The summed E-state index contributed by atoms with van der Waals surface area (Å²) in [5.41, 5.74) is 0.683. The lowest BCUT2D eigenvalue weighted by molar-refractivity contribution is -0.135. The van der Waals surface area contributed by atoms with Crippen molar-refractivity contribution < 1.29 is 9.32 Å². The van der Waals surface area contributed by atoms with Gasteiger partial charge >= 0.3 is 0 Å². The monoisotopic (exact) mass is 397 g/mol. The molecule has 0 aromatic carbocycles. The van der Waals surface area contributed by atoms with Crippen molar-refractivity contribution in [2.75, 3.05) is 26.2 Å². The number of piperidine rings is 1. The highest BCUT2D eigenvalue weighted by Crippen LogP contribution is 2.21. The molecule has 2 aliphatic heterocycles. The normalized spacial score (nSPS) is 21.1. The number of pyridine rings is 1. The minimum atomic E-state index is 0.210. The largest absolute Gasteiger partial charge is 0.339 e. The fourth-order valence-corrected chi connectivity index (χ4v) is 4.45. The van der Waals surface area contributed by atoms with E-state index in [-0.39, 0.29) is 5.91 Å². The van der Waals surface area contributed by atoms with E-state index in [1.165, 1.54) is 45.2 Å². The Labute approximate surface area is 172 Å². The molecule has 2 aliphatic rings. The van der Waals surface area contributed by atoms with E-state index >= 15 is 0 Å². The SMILES string of the molecule is O=C(CCc1nc(-c2ccccn2)no1)N1CCCC[C@H]1CN1CCCCCC1. The number of carbonyl (C=O) groups excluding carboxylic acids is 1. The second-order valence-corrected chi connectivity index (χ2v) is 8.18. The summed E-state index contributed by atoms with van der Waals surface area (Å²) in [5.74, 6) is 1.19. The fourth-order valence-electron chi connectivity index (χ4n) is 4.45. The molecular weight excluding hydrogens is 366 g/mol. The number of nitrogens with zero attached hydrogens (tertiary/aromatic N) is 5. The van der Waals surface area contributed by atoms with E-state index < -0.39 is 0 Å². The van der Waals surface area contributed by atoms with E-state index in [9.17, 15) is 4.79 Å². The van der Waals surface area contributed by atoms with Crippen LogP contribution in [0.2, 0.25) is 0 Å². The first kappa shape index (κ1) is 20.0. The number of rotatable bonds is 6. The Morgan fingerprint density at radius 1 is 1.07 bits per heavy atom. The van der Waals surface area contributed by atoms with Crippen molar-refractivity contribution in [2.45, 2.75) is 63.8 Å². The maximum atomic E-state index is 13.0. The van der Waals surface area contributed by atoms with Crippen molar-refractivity contribution in [3.05, 3.63) is 30.3 Å². The van der Waals surface area contributed by atoms with Gasteiger partial charge in [-0.25, -0.2) is 0 Å². The maximum Gasteiger partial charge on any atom is 0.227 e. The van der Waals surface area contributed by atoms with Crippen LogP contribution in [0.5, 0.6) is 0 Å². The molecule has 1 atom stereocenters. The first-order chi connectivity index (χ1) is 14.3.